The number of rotatable bonds is 6. The molecule has 3 aromatic heterocycles. The molecule has 0 aliphatic rings. The standard InChI is InChI=1S/C14H18N6OS/c1-10-4-3-6-19-8-11(16-13(10)19)9-22-14-18-17-12(20(14)15)5-7-21-2/h3-4,6,8H,5,7,9,15H2,1-2H3. The Kier molecular flexibility index (Phi) is 4.30. The normalized spacial score (nSPS) is 11.4. The van der Waals surface area contributed by atoms with E-state index in [4.69, 9.17) is 10.6 Å². The van der Waals surface area contributed by atoms with E-state index in [2.05, 4.69) is 28.2 Å². The molecule has 116 valence electrons. The van der Waals surface area contributed by atoms with Gasteiger partial charge < -0.3 is 15.0 Å². The maximum Gasteiger partial charge on any atom is 0.210 e. The van der Waals surface area contributed by atoms with Crippen LogP contribution in [0.4, 0.5) is 0 Å². The van der Waals surface area contributed by atoms with Crippen molar-refractivity contribution in [1.29, 1.82) is 0 Å². The van der Waals surface area contributed by atoms with Gasteiger partial charge in [0.1, 0.15) is 5.65 Å². The molecule has 0 spiro atoms. The Hall–Kier alpha value is -2.06. The van der Waals surface area contributed by atoms with Crippen LogP contribution in [0, 0.1) is 6.92 Å². The molecule has 3 rings (SSSR count). The average Bonchev–Trinajstić information content (AvgIpc) is 3.08. The van der Waals surface area contributed by atoms with Crippen molar-refractivity contribution in [3.63, 3.8) is 0 Å². The monoisotopic (exact) mass is 318 g/mol. The van der Waals surface area contributed by atoms with Gasteiger partial charge >= 0.3 is 0 Å². The largest absolute Gasteiger partial charge is 0.384 e. The maximum atomic E-state index is 6.00. The van der Waals surface area contributed by atoms with Crippen LogP contribution in [0.3, 0.4) is 0 Å². The van der Waals surface area contributed by atoms with Crippen LogP contribution < -0.4 is 5.84 Å². The number of ether oxygens (including phenoxy) is 1. The molecule has 0 unspecified atom stereocenters. The summed E-state index contributed by atoms with van der Waals surface area (Å²) in [6.07, 6.45) is 4.67. The van der Waals surface area contributed by atoms with E-state index in [0.717, 1.165) is 22.7 Å². The summed E-state index contributed by atoms with van der Waals surface area (Å²) in [5.74, 6) is 7.41. The lowest BCUT2D eigenvalue weighted by Crippen LogP contribution is -2.15. The molecule has 0 aromatic carbocycles. The molecule has 0 aliphatic heterocycles. The average molecular weight is 318 g/mol. The molecule has 0 bridgehead atoms. The van der Waals surface area contributed by atoms with Crippen LogP contribution in [-0.2, 0) is 16.9 Å². The molecule has 3 heterocycles. The summed E-state index contributed by atoms with van der Waals surface area (Å²) in [5.41, 5.74) is 3.12. The van der Waals surface area contributed by atoms with E-state index in [1.807, 2.05) is 22.9 Å². The van der Waals surface area contributed by atoms with Crippen molar-refractivity contribution in [3.05, 3.63) is 41.6 Å². The van der Waals surface area contributed by atoms with Crippen LogP contribution >= 0.6 is 11.8 Å². The minimum Gasteiger partial charge on any atom is -0.384 e. The van der Waals surface area contributed by atoms with Crippen LogP contribution in [0.15, 0.2) is 29.7 Å². The van der Waals surface area contributed by atoms with Crippen molar-refractivity contribution in [2.45, 2.75) is 24.3 Å². The number of nitrogens with two attached hydrogens (primary N) is 1. The van der Waals surface area contributed by atoms with Gasteiger partial charge in [0.2, 0.25) is 5.16 Å². The highest BCUT2D eigenvalue weighted by molar-refractivity contribution is 7.98. The van der Waals surface area contributed by atoms with Crippen molar-refractivity contribution < 1.29 is 4.74 Å². The highest BCUT2D eigenvalue weighted by atomic mass is 32.2. The van der Waals surface area contributed by atoms with Crippen LogP contribution in [-0.4, -0.2) is 38.0 Å². The first-order valence-electron chi connectivity index (χ1n) is 6.93. The number of nitrogens with zero attached hydrogens (tertiary/aromatic N) is 5. The molecule has 0 fully saturated rings. The summed E-state index contributed by atoms with van der Waals surface area (Å²) in [6, 6.07) is 4.07. The fourth-order valence-corrected chi connectivity index (χ4v) is 2.94. The predicted molar refractivity (Wildman–Crippen MR) is 85.2 cm³/mol. The topological polar surface area (TPSA) is 83.3 Å². The van der Waals surface area contributed by atoms with Crippen molar-refractivity contribution in [3.8, 4) is 0 Å². The Labute approximate surface area is 132 Å². The fourth-order valence-electron chi connectivity index (χ4n) is 2.18. The third kappa shape index (κ3) is 2.93. The molecule has 0 amide bonds. The number of imidazole rings is 1. The Morgan fingerprint density at radius 1 is 1.36 bits per heavy atom. The number of methoxy groups -OCH3 is 1. The summed E-state index contributed by atoms with van der Waals surface area (Å²) in [7, 11) is 1.65. The Balaban J connectivity index is 1.71. The minimum atomic E-state index is 0.575. The molecule has 0 atom stereocenters. The zero-order valence-corrected chi connectivity index (χ0v) is 13.4. The number of aryl methyl sites for hydroxylation is 1. The Morgan fingerprint density at radius 2 is 2.23 bits per heavy atom. The van der Waals surface area contributed by atoms with Crippen molar-refractivity contribution >= 4 is 17.4 Å². The molecular weight excluding hydrogens is 300 g/mol. The van der Waals surface area contributed by atoms with E-state index in [-0.39, 0.29) is 0 Å². The summed E-state index contributed by atoms with van der Waals surface area (Å²) in [5, 5.41) is 8.88. The zero-order chi connectivity index (χ0) is 15.5. The molecule has 0 aliphatic carbocycles. The lowest BCUT2D eigenvalue weighted by molar-refractivity contribution is 0.200. The number of aromatic nitrogens is 5. The first-order valence-corrected chi connectivity index (χ1v) is 7.92. The molecule has 0 saturated carbocycles. The number of pyridine rings is 1. The van der Waals surface area contributed by atoms with E-state index >= 15 is 0 Å². The van der Waals surface area contributed by atoms with Gasteiger partial charge in [0.25, 0.3) is 0 Å². The molecule has 3 aromatic rings. The Bertz CT molecular complexity index is 781. The molecular formula is C14H18N6OS. The number of hydrogen-bond donors (Lipinski definition) is 1. The van der Waals surface area contributed by atoms with Gasteiger partial charge in [-0.05, 0) is 18.6 Å². The molecule has 0 saturated heterocycles. The third-order valence-electron chi connectivity index (χ3n) is 3.34. The maximum absolute atomic E-state index is 6.00. The smallest absolute Gasteiger partial charge is 0.210 e. The van der Waals surface area contributed by atoms with E-state index in [1.54, 1.807) is 7.11 Å². The number of fused-ring (bicyclic) bond motifs is 1. The summed E-state index contributed by atoms with van der Waals surface area (Å²) >= 11 is 1.52. The fraction of sp³-hybridized carbons (Fsp3) is 0.357. The number of nitrogen functional groups attached to an aromatic ring is 1. The molecule has 7 nitrogen and oxygen atoms in total. The van der Waals surface area contributed by atoms with Crippen molar-refractivity contribution in [1.82, 2.24) is 24.3 Å². The minimum absolute atomic E-state index is 0.575. The first-order chi connectivity index (χ1) is 10.7. The van der Waals surface area contributed by atoms with Crippen LogP contribution in [0.1, 0.15) is 17.1 Å². The van der Waals surface area contributed by atoms with Gasteiger partial charge in [-0.1, -0.05) is 17.8 Å². The molecule has 8 heteroatoms. The molecule has 2 N–H and O–H groups in total. The highest BCUT2D eigenvalue weighted by Gasteiger charge is 2.11. The van der Waals surface area contributed by atoms with Gasteiger partial charge in [0, 0.05) is 31.7 Å². The summed E-state index contributed by atoms with van der Waals surface area (Å²) < 4.78 is 8.58. The Morgan fingerprint density at radius 3 is 3.00 bits per heavy atom. The van der Waals surface area contributed by atoms with Gasteiger partial charge in [-0.15, -0.1) is 10.2 Å². The molecule has 0 radical (unpaired) electrons. The number of thioether (sulfide) groups is 1. The highest BCUT2D eigenvalue weighted by Crippen LogP contribution is 2.21. The second kappa shape index (κ2) is 6.37. The summed E-state index contributed by atoms with van der Waals surface area (Å²) in [6.45, 7) is 2.63. The first kappa shape index (κ1) is 14.9. The second-order valence-electron chi connectivity index (χ2n) is 4.95. The van der Waals surface area contributed by atoms with Crippen molar-refractivity contribution in [2.24, 2.45) is 0 Å². The van der Waals surface area contributed by atoms with E-state index < -0.39 is 0 Å². The lowest BCUT2D eigenvalue weighted by Gasteiger charge is -2.02. The van der Waals surface area contributed by atoms with Crippen LogP contribution in [0.2, 0.25) is 0 Å². The zero-order valence-electron chi connectivity index (χ0n) is 12.6. The second-order valence-corrected chi connectivity index (χ2v) is 5.90. The quantitative estimate of drug-likeness (QED) is 0.547. The van der Waals surface area contributed by atoms with E-state index in [1.165, 1.54) is 16.4 Å². The molecule has 22 heavy (non-hydrogen) atoms. The number of hydrogen-bond acceptors (Lipinski definition) is 6. The van der Waals surface area contributed by atoms with Gasteiger partial charge in [0.15, 0.2) is 5.82 Å². The van der Waals surface area contributed by atoms with Gasteiger partial charge in [-0.3, -0.25) is 0 Å². The summed E-state index contributed by atoms with van der Waals surface area (Å²) in [4.78, 5) is 4.64. The van der Waals surface area contributed by atoms with Crippen LogP contribution in [0.5, 0.6) is 0 Å². The van der Waals surface area contributed by atoms with Crippen LogP contribution in [0.25, 0.3) is 5.65 Å². The van der Waals surface area contributed by atoms with Gasteiger partial charge in [0.05, 0.1) is 12.3 Å². The lowest BCUT2D eigenvalue weighted by atomic mass is 10.3. The predicted octanol–water partition coefficient (Wildman–Crippen LogP) is 1.43. The SMILES string of the molecule is COCCc1nnc(SCc2cn3cccc(C)c3n2)n1N. The van der Waals surface area contributed by atoms with Crippen molar-refractivity contribution in [2.75, 3.05) is 19.6 Å². The van der Waals surface area contributed by atoms with E-state index in [0.29, 0.717) is 23.9 Å². The van der Waals surface area contributed by atoms with Gasteiger partial charge in [-0.2, -0.15) is 0 Å². The van der Waals surface area contributed by atoms with E-state index in [9.17, 15) is 0 Å². The third-order valence-corrected chi connectivity index (χ3v) is 4.32. The van der Waals surface area contributed by atoms with Gasteiger partial charge in [-0.25, -0.2) is 9.66 Å².